The number of carbonyl (C=O) groups is 2. The lowest BCUT2D eigenvalue weighted by Gasteiger charge is -2.13. The number of anilines is 1. The van der Waals surface area contributed by atoms with Gasteiger partial charge in [-0.25, -0.2) is 4.79 Å². The molecule has 1 atom stereocenters. The van der Waals surface area contributed by atoms with E-state index < -0.39 is 0 Å². The average Bonchev–Trinajstić information content (AvgIpc) is 2.95. The maximum Gasteiger partial charge on any atom is 0.338 e. The van der Waals surface area contributed by atoms with Crippen LogP contribution in [0.25, 0.3) is 0 Å². The Morgan fingerprint density at radius 2 is 2.25 bits per heavy atom. The zero-order valence-corrected chi connectivity index (χ0v) is 11.9. The largest absolute Gasteiger partial charge is 0.462 e. The minimum Gasteiger partial charge on any atom is -0.462 e. The smallest absolute Gasteiger partial charge is 0.338 e. The fraction of sp³-hybridized carbons (Fsp3) is 0.467. The van der Waals surface area contributed by atoms with E-state index in [2.05, 4.69) is 10.6 Å². The highest BCUT2D eigenvalue weighted by molar-refractivity contribution is 5.96. The highest BCUT2D eigenvalue weighted by Crippen LogP contribution is 2.18. The van der Waals surface area contributed by atoms with Crippen LogP contribution < -0.4 is 10.6 Å². The fourth-order valence-corrected chi connectivity index (χ4v) is 2.27. The third-order valence-electron chi connectivity index (χ3n) is 3.37. The van der Waals surface area contributed by atoms with Gasteiger partial charge in [-0.05, 0) is 57.0 Å². The summed E-state index contributed by atoms with van der Waals surface area (Å²) in [6, 6.07) is 5.03. The summed E-state index contributed by atoms with van der Waals surface area (Å²) in [5.74, 6) is -0.361. The van der Waals surface area contributed by atoms with Crippen LogP contribution in [0.3, 0.4) is 0 Å². The summed E-state index contributed by atoms with van der Waals surface area (Å²) < 4.78 is 4.95. The van der Waals surface area contributed by atoms with Gasteiger partial charge in [-0.3, -0.25) is 4.79 Å². The average molecular weight is 276 g/mol. The topological polar surface area (TPSA) is 67.4 Å². The van der Waals surface area contributed by atoms with Gasteiger partial charge in [-0.2, -0.15) is 0 Å². The Kier molecular flexibility index (Phi) is 4.74. The van der Waals surface area contributed by atoms with Crippen molar-refractivity contribution in [3.63, 3.8) is 0 Å². The van der Waals surface area contributed by atoms with E-state index in [0.29, 0.717) is 12.2 Å². The van der Waals surface area contributed by atoms with Crippen LogP contribution in [-0.4, -0.2) is 31.1 Å². The molecule has 1 aromatic carbocycles. The van der Waals surface area contributed by atoms with E-state index in [9.17, 15) is 9.59 Å². The summed E-state index contributed by atoms with van der Waals surface area (Å²) in [5.41, 5.74) is 2.08. The predicted molar refractivity (Wildman–Crippen MR) is 76.8 cm³/mol. The first-order valence-electron chi connectivity index (χ1n) is 6.94. The zero-order chi connectivity index (χ0) is 14.5. The van der Waals surface area contributed by atoms with Gasteiger partial charge in [-0.1, -0.05) is 0 Å². The lowest BCUT2D eigenvalue weighted by atomic mass is 10.1. The molecule has 0 spiro atoms. The van der Waals surface area contributed by atoms with Crippen molar-refractivity contribution in [1.29, 1.82) is 0 Å². The summed E-state index contributed by atoms with van der Waals surface area (Å²) in [6.07, 6.45) is 1.89. The number of esters is 1. The van der Waals surface area contributed by atoms with Gasteiger partial charge in [-0.15, -0.1) is 0 Å². The molecule has 0 saturated carbocycles. The lowest BCUT2D eigenvalue weighted by Crippen LogP contribution is -2.35. The van der Waals surface area contributed by atoms with E-state index >= 15 is 0 Å². The normalized spacial score (nSPS) is 17.8. The second-order valence-corrected chi connectivity index (χ2v) is 4.89. The molecule has 1 saturated heterocycles. The molecule has 1 heterocycles. The molecule has 1 amide bonds. The van der Waals surface area contributed by atoms with Gasteiger partial charge < -0.3 is 15.4 Å². The number of hydrogen-bond acceptors (Lipinski definition) is 4. The quantitative estimate of drug-likeness (QED) is 0.824. The fourth-order valence-electron chi connectivity index (χ4n) is 2.27. The van der Waals surface area contributed by atoms with Gasteiger partial charge in [0.15, 0.2) is 0 Å². The number of ether oxygens (including phenoxy) is 1. The highest BCUT2D eigenvalue weighted by Gasteiger charge is 2.22. The number of aryl methyl sites for hydroxylation is 1. The Morgan fingerprint density at radius 3 is 2.85 bits per heavy atom. The third-order valence-corrected chi connectivity index (χ3v) is 3.37. The predicted octanol–water partition coefficient (Wildman–Crippen LogP) is 1.86. The van der Waals surface area contributed by atoms with Crippen LogP contribution in [0.4, 0.5) is 5.69 Å². The molecule has 5 heteroatoms. The van der Waals surface area contributed by atoms with Gasteiger partial charge >= 0.3 is 5.97 Å². The van der Waals surface area contributed by atoms with E-state index in [1.165, 1.54) is 0 Å². The SMILES string of the molecule is CCOC(=O)c1ccc(NC(=O)C2CCCN2)c(C)c1. The molecule has 0 aliphatic carbocycles. The summed E-state index contributed by atoms with van der Waals surface area (Å²) in [5, 5.41) is 6.05. The molecular formula is C15H20N2O3. The van der Waals surface area contributed by atoms with E-state index in [0.717, 1.165) is 30.6 Å². The Morgan fingerprint density at radius 1 is 1.45 bits per heavy atom. The van der Waals surface area contributed by atoms with Crippen LogP contribution in [0.2, 0.25) is 0 Å². The first kappa shape index (κ1) is 14.5. The summed E-state index contributed by atoms with van der Waals surface area (Å²) in [7, 11) is 0. The van der Waals surface area contributed by atoms with Crippen LogP contribution in [-0.2, 0) is 9.53 Å². The molecule has 1 aromatic rings. The highest BCUT2D eigenvalue weighted by atomic mass is 16.5. The van der Waals surface area contributed by atoms with Gasteiger partial charge in [0.1, 0.15) is 0 Å². The molecule has 1 aliphatic heterocycles. The number of carbonyl (C=O) groups excluding carboxylic acids is 2. The molecule has 2 rings (SSSR count). The molecule has 1 aliphatic rings. The van der Waals surface area contributed by atoms with E-state index in [1.807, 2.05) is 6.92 Å². The second kappa shape index (κ2) is 6.52. The number of amides is 1. The number of hydrogen-bond donors (Lipinski definition) is 2. The molecule has 5 nitrogen and oxygen atoms in total. The third kappa shape index (κ3) is 3.36. The molecule has 0 bridgehead atoms. The van der Waals surface area contributed by atoms with Gasteiger partial charge in [0, 0.05) is 5.69 Å². The van der Waals surface area contributed by atoms with Crippen molar-refractivity contribution in [2.45, 2.75) is 32.7 Å². The molecule has 0 aromatic heterocycles. The molecule has 2 N–H and O–H groups in total. The first-order chi connectivity index (χ1) is 9.61. The Bertz CT molecular complexity index is 508. The van der Waals surface area contributed by atoms with Gasteiger partial charge in [0.25, 0.3) is 0 Å². The number of rotatable bonds is 4. The minimum absolute atomic E-state index is 0.0190. The summed E-state index contributed by atoms with van der Waals surface area (Å²) in [4.78, 5) is 23.6. The molecule has 1 fully saturated rings. The molecule has 20 heavy (non-hydrogen) atoms. The van der Waals surface area contributed by atoms with Crippen molar-refractivity contribution >= 4 is 17.6 Å². The van der Waals surface area contributed by atoms with Crippen LogP contribution in [0.5, 0.6) is 0 Å². The minimum atomic E-state index is -0.342. The van der Waals surface area contributed by atoms with Crippen molar-refractivity contribution in [3.8, 4) is 0 Å². The van der Waals surface area contributed by atoms with Gasteiger partial charge in [0.2, 0.25) is 5.91 Å². The van der Waals surface area contributed by atoms with Crippen LogP contribution in [0, 0.1) is 6.92 Å². The lowest BCUT2D eigenvalue weighted by molar-refractivity contribution is -0.117. The number of nitrogens with one attached hydrogen (secondary N) is 2. The van der Waals surface area contributed by atoms with Crippen LogP contribution >= 0.6 is 0 Å². The molecular weight excluding hydrogens is 256 g/mol. The van der Waals surface area contributed by atoms with Crippen LogP contribution in [0.1, 0.15) is 35.7 Å². The monoisotopic (exact) mass is 276 g/mol. The molecule has 108 valence electrons. The van der Waals surface area contributed by atoms with Crippen molar-refractivity contribution in [2.24, 2.45) is 0 Å². The van der Waals surface area contributed by atoms with E-state index in [4.69, 9.17) is 4.74 Å². The molecule has 1 unspecified atom stereocenters. The zero-order valence-electron chi connectivity index (χ0n) is 11.9. The van der Waals surface area contributed by atoms with E-state index in [1.54, 1.807) is 25.1 Å². The Hall–Kier alpha value is -1.88. The van der Waals surface area contributed by atoms with Crippen molar-refractivity contribution in [1.82, 2.24) is 5.32 Å². The standard InChI is InChI=1S/C15H20N2O3/c1-3-20-15(19)11-6-7-12(10(2)9-11)17-14(18)13-5-4-8-16-13/h6-7,9,13,16H,3-5,8H2,1-2H3,(H,17,18). The van der Waals surface area contributed by atoms with Crippen molar-refractivity contribution in [3.05, 3.63) is 29.3 Å². The van der Waals surface area contributed by atoms with Gasteiger partial charge in [0.05, 0.1) is 18.2 Å². The second-order valence-electron chi connectivity index (χ2n) is 4.89. The maximum atomic E-state index is 12.0. The first-order valence-corrected chi connectivity index (χ1v) is 6.94. The van der Waals surface area contributed by atoms with Crippen molar-refractivity contribution in [2.75, 3.05) is 18.5 Å². The van der Waals surface area contributed by atoms with E-state index in [-0.39, 0.29) is 17.9 Å². The maximum absolute atomic E-state index is 12.0. The Labute approximate surface area is 118 Å². The summed E-state index contributed by atoms with van der Waals surface area (Å²) >= 11 is 0. The molecule has 0 radical (unpaired) electrons. The van der Waals surface area contributed by atoms with Crippen LogP contribution in [0.15, 0.2) is 18.2 Å². The Balaban J connectivity index is 2.05. The van der Waals surface area contributed by atoms with Crippen molar-refractivity contribution < 1.29 is 14.3 Å². The number of benzene rings is 1. The summed E-state index contributed by atoms with van der Waals surface area (Å²) in [6.45, 7) is 4.87.